The van der Waals surface area contributed by atoms with E-state index in [0.29, 0.717) is 12.1 Å². The monoisotopic (exact) mass is 322 g/mol. The molecule has 0 bridgehead atoms. The number of aromatic nitrogens is 1. The molecule has 21 heavy (non-hydrogen) atoms. The van der Waals surface area contributed by atoms with Crippen LogP contribution in [0.25, 0.3) is 0 Å². The lowest BCUT2D eigenvalue weighted by Crippen LogP contribution is -2.12. The van der Waals surface area contributed by atoms with E-state index in [4.69, 9.17) is 5.11 Å². The van der Waals surface area contributed by atoms with Gasteiger partial charge < -0.3 is 5.11 Å². The molecule has 0 atom stereocenters. The maximum absolute atomic E-state index is 12.2. The van der Waals surface area contributed by atoms with Crippen LogP contribution in [0.2, 0.25) is 0 Å². The van der Waals surface area contributed by atoms with Crippen LogP contribution in [-0.4, -0.2) is 25.1 Å². The Bertz CT molecular complexity index is 786. The molecule has 2 rings (SSSR count). The summed E-state index contributed by atoms with van der Waals surface area (Å²) in [6.07, 6.45) is 0.353. The van der Waals surface area contributed by atoms with Gasteiger partial charge in [-0.1, -0.05) is 12.0 Å². The smallest absolute Gasteiger partial charge is 0.272 e. The van der Waals surface area contributed by atoms with Crippen molar-refractivity contribution in [3.05, 3.63) is 40.9 Å². The van der Waals surface area contributed by atoms with Crippen LogP contribution in [0.5, 0.6) is 0 Å². The second-order valence-corrected chi connectivity index (χ2v) is 7.35. The van der Waals surface area contributed by atoms with E-state index in [1.807, 2.05) is 6.92 Å². The van der Waals surface area contributed by atoms with Gasteiger partial charge in [0.2, 0.25) is 0 Å². The summed E-state index contributed by atoms with van der Waals surface area (Å²) in [4.78, 5) is 5.04. The number of thiophene rings is 1. The first-order chi connectivity index (χ1) is 10.0. The van der Waals surface area contributed by atoms with Crippen molar-refractivity contribution in [1.82, 2.24) is 4.98 Å². The summed E-state index contributed by atoms with van der Waals surface area (Å²) in [7, 11) is -3.62. The molecule has 7 heteroatoms. The van der Waals surface area contributed by atoms with Gasteiger partial charge in [0.15, 0.2) is 0 Å². The van der Waals surface area contributed by atoms with Crippen LogP contribution < -0.4 is 4.72 Å². The molecule has 0 saturated heterocycles. The third-order valence-electron chi connectivity index (χ3n) is 2.42. The van der Waals surface area contributed by atoms with Crippen LogP contribution in [-0.2, 0) is 10.0 Å². The molecule has 110 valence electrons. The van der Waals surface area contributed by atoms with Crippen LogP contribution in [0, 0.1) is 18.8 Å². The van der Waals surface area contributed by atoms with Crippen molar-refractivity contribution in [2.24, 2.45) is 0 Å². The van der Waals surface area contributed by atoms with E-state index >= 15 is 0 Å². The number of hydrogen-bond donors (Lipinski definition) is 2. The van der Waals surface area contributed by atoms with Gasteiger partial charge in [0, 0.05) is 11.3 Å². The number of nitrogens with one attached hydrogen (secondary N) is 1. The summed E-state index contributed by atoms with van der Waals surface area (Å²) in [5.74, 6) is 5.72. The van der Waals surface area contributed by atoms with Crippen LogP contribution in [0.15, 0.2) is 34.5 Å². The average Bonchev–Trinajstić information content (AvgIpc) is 2.87. The Morgan fingerprint density at radius 2 is 2.14 bits per heavy atom. The highest BCUT2D eigenvalue weighted by Crippen LogP contribution is 2.22. The first-order valence-electron chi connectivity index (χ1n) is 6.17. The number of aliphatic hydroxyl groups is 1. The van der Waals surface area contributed by atoms with Crippen LogP contribution >= 0.6 is 11.3 Å². The normalized spacial score (nSPS) is 10.8. The van der Waals surface area contributed by atoms with Gasteiger partial charge in [-0.15, -0.1) is 11.3 Å². The number of aliphatic hydroxyl groups excluding tert-OH is 1. The van der Waals surface area contributed by atoms with Gasteiger partial charge in [-0.25, -0.2) is 13.4 Å². The van der Waals surface area contributed by atoms with E-state index < -0.39 is 10.0 Å². The van der Waals surface area contributed by atoms with Crippen molar-refractivity contribution in [2.45, 2.75) is 17.6 Å². The minimum absolute atomic E-state index is 0.0168. The fourth-order valence-electron chi connectivity index (χ4n) is 1.51. The molecule has 0 aromatic carbocycles. The molecule has 0 amide bonds. The highest BCUT2D eigenvalue weighted by Gasteiger charge is 2.16. The number of aryl methyl sites for hydroxylation is 1. The lowest BCUT2D eigenvalue weighted by atomic mass is 10.3. The summed E-state index contributed by atoms with van der Waals surface area (Å²) < 4.78 is 27.0. The zero-order valence-corrected chi connectivity index (χ0v) is 13.0. The molecule has 2 aromatic heterocycles. The van der Waals surface area contributed by atoms with Crippen LogP contribution in [0.3, 0.4) is 0 Å². The summed E-state index contributed by atoms with van der Waals surface area (Å²) in [5, 5.41) is 8.67. The first kappa shape index (κ1) is 15.5. The molecular weight excluding hydrogens is 308 g/mol. The van der Waals surface area contributed by atoms with Crippen molar-refractivity contribution in [2.75, 3.05) is 11.3 Å². The third kappa shape index (κ3) is 4.29. The van der Waals surface area contributed by atoms with Gasteiger partial charge in [-0.3, -0.25) is 4.72 Å². The Balaban J connectivity index is 2.20. The van der Waals surface area contributed by atoms with E-state index in [1.165, 1.54) is 11.3 Å². The second kappa shape index (κ2) is 6.72. The standard InChI is InChI=1S/C14H14N2O3S2/c1-11-8-9-14(20-11)21(18,19)16-13-7-4-6-12(15-13)5-2-3-10-17/h4,6-9,17H,3,10H2,1H3,(H,15,16). The Morgan fingerprint density at radius 3 is 2.81 bits per heavy atom. The highest BCUT2D eigenvalue weighted by molar-refractivity contribution is 7.94. The van der Waals surface area contributed by atoms with Gasteiger partial charge in [-0.05, 0) is 37.1 Å². The summed E-state index contributed by atoms with van der Waals surface area (Å²) in [5.41, 5.74) is 0.450. The van der Waals surface area contributed by atoms with E-state index in [2.05, 4.69) is 21.5 Å². The number of sulfonamides is 1. The van der Waals surface area contributed by atoms with Crippen molar-refractivity contribution in [3.63, 3.8) is 0 Å². The number of hydrogen-bond acceptors (Lipinski definition) is 5. The molecule has 0 aliphatic carbocycles. The zero-order valence-electron chi connectivity index (χ0n) is 11.3. The van der Waals surface area contributed by atoms with E-state index in [9.17, 15) is 8.42 Å². The number of pyridine rings is 1. The molecule has 2 N–H and O–H groups in total. The summed E-state index contributed by atoms with van der Waals surface area (Å²) in [6, 6.07) is 8.23. The SMILES string of the molecule is Cc1ccc(S(=O)(=O)Nc2cccc(C#CCCO)n2)s1. The second-order valence-electron chi connectivity index (χ2n) is 4.15. The lowest BCUT2D eigenvalue weighted by Gasteiger charge is -2.05. The predicted octanol–water partition coefficient (Wildman–Crippen LogP) is 1.99. The molecule has 0 aliphatic heterocycles. The van der Waals surface area contributed by atoms with E-state index in [0.717, 1.165) is 4.88 Å². The average molecular weight is 322 g/mol. The molecule has 2 aromatic rings. The molecule has 0 saturated carbocycles. The first-order valence-corrected chi connectivity index (χ1v) is 8.47. The molecule has 0 spiro atoms. The van der Waals surface area contributed by atoms with Gasteiger partial charge in [0.25, 0.3) is 10.0 Å². The quantitative estimate of drug-likeness (QED) is 0.844. The van der Waals surface area contributed by atoms with Crippen molar-refractivity contribution >= 4 is 27.2 Å². The largest absolute Gasteiger partial charge is 0.395 e. The van der Waals surface area contributed by atoms with Gasteiger partial charge in [0.05, 0.1) is 6.61 Å². The summed E-state index contributed by atoms with van der Waals surface area (Å²) in [6.45, 7) is 1.83. The van der Waals surface area contributed by atoms with E-state index in [1.54, 1.807) is 30.3 Å². The fraction of sp³-hybridized carbons (Fsp3) is 0.214. The maximum atomic E-state index is 12.2. The lowest BCUT2D eigenvalue weighted by molar-refractivity contribution is 0.305. The van der Waals surface area contributed by atoms with Gasteiger partial charge >= 0.3 is 0 Å². The number of rotatable bonds is 4. The predicted molar refractivity (Wildman–Crippen MR) is 82.7 cm³/mol. The molecule has 5 nitrogen and oxygen atoms in total. The maximum Gasteiger partial charge on any atom is 0.272 e. The Kier molecular flexibility index (Phi) is 4.96. The Morgan fingerprint density at radius 1 is 1.33 bits per heavy atom. The third-order valence-corrected chi connectivity index (χ3v) is 5.27. The molecule has 0 unspecified atom stereocenters. The van der Waals surface area contributed by atoms with Crippen molar-refractivity contribution < 1.29 is 13.5 Å². The number of nitrogens with zero attached hydrogens (tertiary/aromatic N) is 1. The van der Waals surface area contributed by atoms with Crippen molar-refractivity contribution in [3.8, 4) is 11.8 Å². The highest BCUT2D eigenvalue weighted by atomic mass is 32.2. The number of anilines is 1. The Labute approximate surface area is 127 Å². The molecule has 0 aliphatic rings. The van der Waals surface area contributed by atoms with Gasteiger partial charge in [0.1, 0.15) is 15.7 Å². The van der Waals surface area contributed by atoms with Crippen molar-refractivity contribution in [1.29, 1.82) is 0 Å². The molecule has 2 heterocycles. The molecule has 0 radical (unpaired) electrons. The zero-order chi connectivity index (χ0) is 15.3. The van der Waals surface area contributed by atoms with Crippen LogP contribution in [0.1, 0.15) is 17.0 Å². The Hall–Kier alpha value is -1.88. The topological polar surface area (TPSA) is 79.3 Å². The van der Waals surface area contributed by atoms with Crippen LogP contribution in [0.4, 0.5) is 5.82 Å². The molecule has 0 fully saturated rings. The van der Waals surface area contributed by atoms with E-state index in [-0.39, 0.29) is 16.6 Å². The minimum Gasteiger partial charge on any atom is -0.395 e. The fourth-order valence-corrected chi connectivity index (χ4v) is 3.80. The summed E-state index contributed by atoms with van der Waals surface area (Å²) >= 11 is 1.20. The minimum atomic E-state index is -3.62. The molecular formula is C14H14N2O3S2. The van der Waals surface area contributed by atoms with Gasteiger partial charge in [-0.2, -0.15) is 0 Å².